The van der Waals surface area contributed by atoms with E-state index >= 15 is 0 Å². The molecule has 0 fully saturated rings. The SMILES string of the molecule is CC(C(N)=O)c1ccc(S(C)(=O)=O)c([N+](=O)[O-])c1. The van der Waals surface area contributed by atoms with Crippen LogP contribution in [0.4, 0.5) is 5.69 Å². The zero-order valence-electron chi connectivity index (χ0n) is 9.78. The highest BCUT2D eigenvalue weighted by Gasteiger charge is 2.24. The van der Waals surface area contributed by atoms with Gasteiger partial charge in [0.05, 0.1) is 10.8 Å². The summed E-state index contributed by atoms with van der Waals surface area (Å²) in [5, 5.41) is 10.8. The van der Waals surface area contributed by atoms with E-state index in [4.69, 9.17) is 5.73 Å². The van der Waals surface area contributed by atoms with Crippen molar-refractivity contribution < 1.29 is 18.1 Å². The van der Waals surface area contributed by atoms with E-state index in [0.29, 0.717) is 5.56 Å². The Kier molecular flexibility index (Phi) is 3.70. The molecular weight excluding hydrogens is 260 g/mol. The van der Waals surface area contributed by atoms with E-state index in [1.807, 2.05) is 0 Å². The molecule has 0 heterocycles. The Balaban J connectivity index is 3.47. The third-order valence-electron chi connectivity index (χ3n) is 2.51. The van der Waals surface area contributed by atoms with Crippen LogP contribution in [0.5, 0.6) is 0 Å². The summed E-state index contributed by atoms with van der Waals surface area (Å²) >= 11 is 0. The van der Waals surface area contributed by atoms with E-state index in [0.717, 1.165) is 18.4 Å². The van der Waals surface area contributed by atoms with Gasteiger partial charge in [0.25, 0.3) is 5.69 Å². The normalized spacial score (nSPS) is 13.0. The molecule has 1 aromatic rings. The average molecular weight is 272 g/mol. The van der Waals surface area contributed by atoms with Crippen LogP contribution in [0.2, 0.25) is 0 Å². The summed E-state index contributed by atoms with van der Waals surface area (Å²) in [5.41, 5.74) is 4.85. The maximum Gasteiger partial charge on any atom is 0.288 e. The lowest BCUT2D eigenvalue weighted by molar-refractivity contribution is -0.387. The first-order chi connectivity index (χ1) is 8.14. The Morgan fingerprint density at radius 2 is 2.00 bits per heavy atom. The van der Waals surface area contributed by atoms with Gasteiger partial charge in [-0.1, -0.05) is 6.07 Å². The lowest BCUT2D eigenvalue weighted by atomic mass is 10.0. The van der Waals surface area contributed by atoms with Crippen LogP contribution in [0, 0.1) is 10.1 Å². The first-order valence-electron chi connectivity index (χ1n) is 4.92. The second-order valence-corrected chi connectivity index (χ2v) is 5.86. The van der Waals surface area contributed by atoms with Gasteiger partial charge in [-0.3, -0.25) is 14.9 Å². The van der Waals surface area contributed by atoms with E-state index in [1.54, 1.807) is 0 Å². The van der Waals surface area contributed by atoms with Crippen molar-refractivity contribution in [2.24, 2.45) is 5.73 Å². The van der Waals surface area contributed by atoms with Crippen molar-refractivity contribution in [2.75, 3.05) is 6.26 Å². The molecule has 1 rings (SSSR count). The summed E-state index contributed by atoms with van der Waals surface area (Å²) in [6.07, 6.45) is 0.881. The highest BCUT2D eigenvalue weighted by Crippen LogP contribution is 2.28. The number of hydrogen-bond acceptors (Lipinski definition) is 5. The quantitative estimate of drug-likeness (QED) is 0.635. The maximum absolute atomic E-state index is 11.4. The van der Waals surface area contributed by atoms with Crippen molar-refractivity contribution in [3.8, 4) is 0 Å². The second-order valence-electron chi connectivity index (χ2n) is 3.88. The highest BCUT2D eigenvalue weighted by molar-refractivity contribution is 7.90. The number of primary amides is 1. The Morgan fingerprint density at radius 1 is 1.44 bits per heavy atom. The van der Waals surface area contributed by atoms with Crippen molar-refractivity contribution >= 4 is 21.4 Å². The molecule has 0 aliphatic carbocycles. The molecular formula is C10H12N2O5S. The smallest absolute Gasteiger partial charge is 0.288 e. The molecule has 1 atom stereocenters. The molecule has 0 aliphatic heterocycles. The van der Waals surface area contributed by atoms with E-state index in [1.165, 1.54) is 13.0 Å². The fourth-order valence-corrected chi connectivity index (χ4v) is 2.25. The second kappa shape index (κ2) is 4.73. The monoisotopic (exact) mass is 272 g/mol. The molecule has 0 bridgehead atoms. The van der Waals surface area contributed by atoms with Crippen LogP contribution in [0.3, 0.4) is 0 Å². The summed E-state index contributed by atoms with van der Waals surface area (Å²) in [6.45, 7) is 1.49. The predicted octanol–water partition coefficient (Wildman–Crippen LogP) is 0.587. The van der Waals surface area contributed by atoms with Crippen LogP contribution in [-0.2, 0) is 14.6 Å². The number of nitro benzene ring substituents is 1. The first kappa shape index (κ1) is 14.1. The first-order valence-corrected chi connectivity index (χ1v) is 6.81. The largest absolute Gasteiger partial charge is 0.369 e. The summed E-state index contributed by atoms with van der Waals surface area (Å²) in [5.74, 6) is -1.37. The maximum atomic E-state index is 11.4. The van der Waals surface area contributed by atoms with Crippen molar-refractivity contribution in [1.29, 1.82) is 0 Å². The molecule has 0 saturated carbocycles. The average Bonchev–Trinajstić information content (AvgIpc) is 2.25. The fourth-order valence-electron chi connectivity index (χ4n) is 1.42. The van der Waals surface area contributed by atoms with Crippen LogP contribution in [0.25, 0.3) is 0 Å². The number of nitrogens with zero attached hydrogens (tertiary/aromatic N) is 1. The summed E-state index contributed by atoms with van der Waals surface area (Å²) in [6, 6.07) is 3.52. The van der Waals surface area contributed by atoms with Crippen LogP contribution in [-0.4, -0.2) is 25.5 Å². The van der Waals surface area contributed by atoms with E-state index in [-0.39, 0.29) is 4.90 Å². The number of hydrogen-bond donors (Lipinski definition) is 1. The molecule has 0 aliphatic rings. The molecule has 18 heavy (non-hydrogen) atoms. The van der Waals surface area contributed by atoms with E-state index in [2.05, 4.69) is 0 Å². The lowest BCUT2D eigenvalue weighted by Gasteiger charge is -2.08. The molecule has 1 unspecified atom stereocenters. The van der Waals surface area contributed by atoms with Crippen molar-refractivity contribution in [1.82, 2.24) is 0 Å². The molecule has 0 saturated heterocycles. The molecule has 1 aromatic carbocycles. The molecule has 0 aromatic heterocycles. The van der Waals surface area contributed by atoms with Gasteiger partial charge >= 0.3 is 0 Å². The predicted molar refractivity (Wildman–Crippen MR) is 63.8 cm³/mol. The van der Waals surface area contributed by atoms with Gasteiger partial charge in [-0.15, -0.1) is 0 Å². The van der Waals surface area contributed by atoms with Crippen LogP contribution in [0.15, 0.2) is 23.1 Å². The highest BCUT2D eigenvalue weighted by atomic mass is 32.2. The number of carbonyl (C=O) groups is 1. The number of rotatable bonds is 4. The molecule has 98 valence electrons. The minimum atomic E-state index is -3.70. The topological polar surface area (TPSA) is 120 Å². The zero-order valence-corrected chi connectivity index (χ0v) is 10.6. The third-order valence-corrected chi connectivity index (χ3v) is 3.65. The number of sulfone groups is 1. The van der Waals surface area contributed by atoms with Crippen molar-refractivity contribution in [3.63, 3.8) is 0 Å². The number of amides is 1. The Hall–Kier alpha value is -1.96. The van der Waals surface area contributed by atoms with Gasteiger partial charge in [-0.2, -0.15) is 0 Å². The molecule has 7 nitrogen and oxygen atoms in total. The van der Waals surface area contributed by atoms with Gasteiger partial charge in [0.2, 0.25) is 5.91 Å². The van der Waals surface area contributed by atoms with Crippen LogP contribution >= 0.6 is 0 Å². The van der Waals surface area contributed by atoms with Gasteiger partial charge in [-0.05, 0) is 18.6 Å². The number of carbonyl (C=O) groups excluding carboxylic acids is 1. The van der Waals surface area contributed by atoms with Gasteiger partial charge in [0.15, 0.2) is 9.84 Å². The summed E-state index contributed by atoms with van der Waals surface area (Å²) < 4.78 is 22.8. The Bertz CT molecular complexity index is 609. The van der Waals surface area contributed by atoms with Gasteiger partial charge in [0, 0.05) is 12.3 Å². The van der Waals surface area contributed by atoms with Gasteiger partial charge in [0.1, 0.15) is 4.90 Å². The molecule has 0 radical (unpaired) electrons. The van der Waals surface area contributed by atoms with Crippen LogP contribution < -0.4 is 5.73 Å². The standard InChI is InChI=1S/C10H12N2O5S/c1-6(10(11)13)7-3-4-9(18(2,16)17)8(5-7)12(14)15/h3-6H,1-2H3,(H2,11,13). The number of nitrogens with two attached hydrogens (primary N) is 1. The van der Waals surface area contributed by atoms with E-state index < -0.39 is 32.3 Å². The number of benzene rings is 1. The van der Waals surface area contributed by atoms with Gasteiger partial charge < -0.3 is 5.73 Å². The molecule has 1 amide bonds. The fraction of sp³-hybridized carbons (Fsp3) is 0.300. The van der Waals surface area contributed by atoms with Crippen molar-refractivity contribution in [3.05, 3.63) is 33.9 Å². The van der Waals surface area contributed by atoms with Crippen molar-refractivity contribution in [2.45, 2.75) is 17.7 Å². The molecule has 0 spiro atoms. The minimum Gasteiger partial charge on any atom is -0.369 e. The van der Waals surface area contributed by atoms with Gasteiger partial charge in [-0.25, -0.2) is 8.42 Å². The molecule has 8 heteroatoms. The number of nitro groups is 1. The van der Waals surface area contributed by atoms with Crippen LogP contribution in [0.1, 0.15) is 18.4 Å². The Labute approximate surface area is 104 Å². The third kappa shape index (κ3) is 2.83. The Morgan fingerprint density at radius 3 is 2.39 bits per heavy atom. The summed E-state index contributed by atoms with van der Waals surface area (Å²) in [7, 11) is -3.70. The zero-order chi connectivity index (χ0) is 14.1. The summed E-state index contributed by atoms with van der Waals surface area (Å²) in [4.78, 5) is 20.7. The molecule has 2 N–H and O–H groups in total. The van der Waals surface area contributed by atoms with E-state index in [9.17, 15) is 23.3 Å². The lowest BCUT2D eigenvalue weighted by Crippen LogP contribution is -2.19. The minimum absolute atomic E-state index is 0.307.